The highest BCUT2D eigenvalue weighted by Crippen LogP contribution is 2.17. The molecule has 5 nitrogen and oxygen atoms in total. The van der Waals surface area contributed by atoms with Crippen LogP contribution in [0.5, 0.6) is 0 Å². The third-order valence-electron chi connectivity index (χ3n) is 2.80. The van der Waals surface area contributed by atoms with E-state index in [9.17, 15) is 0 Å². The summed E-state index contributed by atoms with van der Waals surface area (Å²) in [6.45, 7) is 0.905. The largest absolute Gasteiger partial charge is 0.378 e. The van der Waals surface area contributed by atoms with Gasteiger partial charge in [0.05, 0.1) is 6.10 Å². The molecule has 0 bridgehead atoms. The molecule has 1 aliphatic heterocycles. The van der Waals surface area contributed by atoms with Crippen molar-refractivity contribution >= 4 is 5.95 Å². The molecule has 0 spiro atoms. The number of aromatic nitrogens is 3. The van der Waals surface area contributed by atoms with Crippen LogP contribution in [0.4, 0.5) is 5.95 Å². The minimum Gasteiger partial charge on any atom is -0.378 e. The van der Waals surface area contributed by atoms with Crippen LogP contribution in [0.25, 0.3) is 0 Å². The average molecular weight is 210 g/mol. The van der Waals surface area contributed by atoms with Crippen LogP contribution in [-0.4, -0.2) is 27.5 Å². The third-order valence-corrected chi connectivity index (χ3v) is 2.80. The van der Waals surface area contributed by atoms with Gasteiger partial charge in [0, 0.05) is 20.1 Å². The minimum absolute atomic E-state index is 0.392. The second kappa shape index (κ2) is 4.61. The van der Waals surface area contributed by atoms with Crippen LogP contribution in [-0.2, 0) is 18.2 Å². The van der Waals surface area contributed by atoms with Gasteiger partial charge in [-0.15, -0.1) is 0 Å². The molecule has 1 aromatic rings. The maximum Gasteiger partial charge on any atom is 0.218 e. The molecule has 0 aromatic carbocycles. The molecule has 1 aliphatic rings. The molecule has 2 N–H and O–H groups in total. The zero-order chi connectivity index (χ0) is 10.7. The molecule has 0 radical (unpaired) electrons. The average Bonchev–Trinajstić information content (AvgIpc) is 2.57. The van der Waals surface area contributed by atoms with E-state index in [2.05, 4.69) is 10.1 Å². The first-order valence-corrected chi connectivity index (χ1v) is 5.52. The Bertz CT molecular complexity index is 298. The number of nitrogens with zero attached hydrogens (tertiary/aromatic N) is 3. The minimum atomic E-state index is 0.392. The molecule has 0 amide bonds. The van der Waals surface area contributed by atoms with Crippen molar-refractivity contribution in [3.05, 3.63) is 5.82 Å². The van der Waals surface area contributed by atoms with Gasteiger partial charge in [-0.3, -0.25) is 0 Å². The summed E-state index contributed by atoms with van der Waals surface area (Å²) in [5, 5.41) is 4.22. The fourth-order valence-corrected chi connectivity index (χ4v) is 1.88. The van der Waals surface area contributed by atoms with E-state index in [4.69, 9.17) is 10.5 Å². The molecule has 2 heterocycles. The molecule has 5 heteroatoms. The molecule has 0 saturated carbocycles. The lowest BCUT2D eigenvalue weighted by atomic mass is 10.0. The highest BCUT2D eigenvalue weighted by molar-refractivity contribution is 5.15. The monoisotopic (exact) mass is 210 g/mol. The Balaban J connectivity index is 1.81. The Morgan fingerprint density at radius 2 is 2.40 bits per heavy atom. The highest BCUT2D eigenvalue weighted by atomic mass is 16.5. The van der Waals surface area contributed by atoms with Crippen LogP contribution >= 0.6 is 0 Å². The quantitative estimate of drug-likeness (QED) is 0.805. The maximum absolute atomic E-state index is 5.64. The fourth-order valence-electron chi connectivity index (χ4n) is 1.88. The lowest BCUT2D eigenvalue weighted by Crippen LogP contribution is -2.19. The molecule has 1 saturated heterocycles. The van der Waals surface area contributed by atoms with Crippen molar-refractivity contribution in [2.45, 2.75) is 38.2 Å². The van der Waals surface area contributed by atoms with Gasteiger partial charge >= 0.3 is 0 Å². The number of aryl methyl sites for hydroxylation is 2. The SMILES string of the molecule is Cn1nc(CCC2CCCCO2)nc1N. The molecule has 0 aliphatic carbocycles. The summed E-state index contributed by atoms with van der Waals surface area (Å²) in [6.07, 6.45) is 5.90. The second-order valence-corrected chi connectivity index (χ2v) is 4.04. The number of nitrogen functional groups attached to an aromatic ring is 1. The van der Waals surface area contributed by atoms with E-state index < -0.39 is 0 Å². The molecule has 1 aromatic heterocycles. The van der Waals surface area contributed by atoms with Crippen molar-refractivity contribution in [2.75, 3.05) is 12.3 Å². The fraction of sp³-hybridized carbons (Fsp3) is 0.800. The molecular formula is C10H18N4O. The van der Waals surface area contributed by atoms with E-state index in [1.54, 1.807) is 4.68 Å². The lowest BCUT2D eigenvalue weighted by molar-refractivity contribution is 0.0112. The molecule has 15 heavy (non-hydrogen) atoms. The van der Waals surface area contributed by atoms with Gasteiger partial charge in [-0.2, -0.15) is 10.1 Å². The van der Waals surface area contributed by atoms with E-state index in [1.807, 2.05) is 7.05 Å². The van der Waals surface area contributed by atoms with Crippen molar-refractivity contribution in [3.8, 4) is 0 Å². The predicted molar refractivity (Wildman–Crippen MR) is 57.3 cm³/mol. The normalized spacial score (nSPS) is 21.8. The number of hydrogen-bond donors (Lipinski definition) is 1. The Hall–Kier alpha value is -1.10. The molecule has 1 atom stereocenters. The van der Waals surface area contributed by atoms with Gasteiger partial charge in [0.1, 0.15) is 0 Å². The zero-order valence-electron chi connectivity index (χ0n) is 9.15. The van der Waals surface area contributed by atoms with E-state index >= 15 is 0 Å². The number of anilines is 1. The van der Waals surface area contributed by atoms with Crippen molar-refractivity contribution < 1.29 is 4.74 Å². The van der Waals surface area contributed by atoms with Gasteiger partial charge in [-0.05, 0) is 25.7 Å². The Morgan fingerprint density at radius 1 is 1.53 bits per heavy atom. The van der Waals surface area contributed by atoms with Crippen molar-refractivity contribution in [2.24, 2.45) is 7.05 Å². The number of ether oxygens (including phenoxy) is 1. The van der Waals surface area contributed by atoms with Crippen LogP contribution in [0.3, 0.4) is 0 Å². The van der Waals surface area contributed by atoms with E-state index in [0.717, 1.165) is 25.3 Å². The number of hydrogen-bond acceptors (Lipinski definition) is 4. The van der Waals surface area contributed by atoms with E-state index in [1.165, 1.54) is 19.3 Å². The molecule has 1 unspecified atom stereocenters. The summed E-state index contributed by atoms with van der Waals surface area (Å²) in [5.41, 5.74) is 5.61. The topological polar surface area (TPSA) is 66.0 Å². The molecule has 2 rings (SSSR count). The Labute approximate surface area is 89.6 Å². The summed E-state index contributed by atoms with van der Waals surface area (Å²) in [7, 11) is 1.81. The van der Waals surface area contributed by atoms with Gasteiger partial charge in [0.25, 0.3) is 0 Å². The second-order valence-electron chi connectivity index (χ2n) is 4.04. The van der Waals surface area contributed by atoms with Gasteiger partial charge in [0.2, 0.25) is 5.95 Å². The summed E-state index contributed by atoms with van der Waals surface area (Å²) < 4.78 is 7.25. The van der Waals surface area contributed by atoms with Gasteiger partial charge < -0.3 is 10.5 Å². The first-order chi connectivity index (χ1) is 7.25. The first kappa shape index (κ1) is 10.4. The summed E-state index contributed by atoms with van der Waals surface area (Å²) in [5.74, 6) is 1.30. The smallest absolute Gasteiger partial charge is 0.218 e. The highest BCUT2D eigenvalue weighted by Gasteiger charge is 2.14. The van der Waals surface area contributed by atoms with Gasteiger partial charge in [0.15, 0.2) is 5.82 Å². The molecule has 84 valence electrons. The maximum atomic E-state index is 5.64. The van der Waals surface area contributed by atoms with Crippen LogP contribution in [0.1, 0.15) is 31.5 Å². The van der Waals surface area contributed by atoms with E-state index in [-0.39, 0.29) is 0 Å². The van der Waals surface area contributed by atoms with Crippen LogP contribution < -0.4 is 5.73 Å². The summed E-state index contributed by atoms with van der Waals surface area (Å²) in [4.78, 5) is 4.17. The van der Waals surface area contributed by atoms with Gasteiger partial charge in [-0.25, -0.2) is 4.68 Å². The van der Waals surface area contributed by atoms with Crippen molar-refractivity contribution in [1.29, 1.82) is 0 Å². The zero-order valence-corrected chi connectivity index (χ0v) is 9.15. The lowest BCUT2D eigenvalue weighted by Gasteiger charge is -2.21. The predicted octanol–water partition coefficient (Wildman–Crippen LogP) is 0.899. The molecule has 1 fully saturated rings. The summed E-state index contributed by atoms with van der Waals surface area (Å²) in [6, 6.07) is 0. The molecular weight excluding hydrogens is 192 g/mol. The van der Waals surface area contributed by atoms with Crippen LogP contribution in [0.15, 0.2) is 0 Å². The Kier molecular flexibility index (Phi) is 3.20. The van der Waals surface area contributed by atoms with Crippen LogP contribution in [0.2, 0.25) is 0 Å². The van der Waals surface area contributed by atoms with Gasteiger partial charge in [-0.1, -0.05) is 0 Å². The number of nitrogens with two attached hydrogens (primary N) is 1. The van der Waals surface area contributed by atoms with E-state index in [0.29, 0.717) is 12.1 Å². The number of rotatable bonds is 3. The first-order valence-electron chi connectivity index (χ1n) is 5.52. The third kappa shape index (κ3) is 2.68. The standard InChI is InChI=1S/C10H18N4O/c1-14-10(11)12-9(13-14)6-5-8-4-2-3-7-15-8/h8H,2-7H2,1H3,(H2,11,12,13). The summed E-state index contributed by atoms with van der Waals surface area (Å²) >= 11 is 0. The van der Waals surface area contributed by atoms with Crippen LogP contribution in [0, 0.1) is 0 Å². The van der Waals surface area contributed by atoms with Crippen molar-refractivity contribution in [1.82, 2.24) is 14.8 Å². The Morgan fingerprint density at radius 3 is 3.00 bits per heavy atom. The van der Waals surface area contributed by atoms with Crippen molar-refractivity contribution in [3.63, 3.8) is 0 Å².